The minimum Gasteiger partial charge on any atom is -0.507 e. The summed E-state index contributed by atoms with van der Waals surface area (Å²) in [5.41, 5.74) is 9.02. The number of rotatable bonds is 2. The van der Waals surface area contributed by atoms with E-state index in [1.54, 1.807) is 31.2 Å². The zero-order chi connectivity index (χ0) is 13.3. The molecule has 2 aromatic rings. The van der Waals surface area contributed by atoms with Gasteiger partial charge in [0.25, 0.3) is 0 Å². The fourth-order valence-electron chi connectivity index (χ4n) is 2.16. The maximum absolute atomic E-state index is 13.8. The van der Waals surface area contributed by atoms with Gasteiger partial charge in [0.2, 0.25) is 0 Å². The summed E-state index contributed by atoms with van der Waals surface area (Å²) in [5, 5.41) is 9.94. The van der Waals surface area contributed by atoms with Gasteiger partial charge in [-0.25, -0.2) is 4.39 Å². The van der Waals surface area contributed by atoms with Crippen LogP contribution in [0.4, 0.5) is 4.39 Å². The molecule has 0 atom stereocenters. The van der Waals surface area contributed by atoms with Gasteiger partial charge in [-0.05, 0) is 48.7 Å². The fourth-order valence-corrected chi connectivity index (χ4v) is 2.16. The number of hydrogen-bond acceptors (Lipinski definition) is 2. The van der Waals surface area contributed by atoms with Crippen molar-refractivity contribution in [3.05, 3.63) is 52.8 Å². The summed E-state index contributed by atoms with van der Waals surface area (Å²) >= 11 is 0. The predicted molar refractivity (Wildman–Crippen MR) is 70.9 cm³/mol. The minimum atomic E-state index is -0.269. The Morgan fingerprint density at radius 1 is 1.17 bits per heavy atom. The molecule has 0 aliphatic rings. The van der Waals surface area contributed by atoms with E-state index >= 15 is 0 Å². The van der Waals surface area contributed by atoms with Gasteiger partial charge in [0, 0.05) is 17.7 Å². The number of aryl methyl sites for hydroxylation is 2. The summed E-state index contributed by atoms with van der Waals surface area (Å²) in [6, 6.07) is 8.76. The fraction of sp³-hybridized carbons (Fsp3) is 0.200. The number of benzene rings is 2. The van der Waals surface area contributed by atoms with Crippen LogP contribution >= 0.6 is 0 Å². The molecular formula is C15H16FNO. The van der Waals surface area contributed by atoms with Crippen LogP contribution in [0.5, 0.6) is 5.75 Å². The van der Waals surface area contributed by atoms with Gasteiger partial charge in [-0.15, -0.1) is 0 Å². The molecule has 0 saturated heterocycles. The lowest BCUT2D eigenvalue weighted by Crippen LogP contribution is -2.02. The molecule has 0 radical (unpaired) electrons. The van der Waals surface area contributed by atoms with Crippen LogP contribution in [0.1, 0.15) is 16.7 Å². The lowest BCUT2D eigenvalue weighted by molar-refractivity contribution is 0.477. The van der Waals surface area contributed by atoms with Crippen molar-refractivity contribution in [3.63, 3.8) is 0 Å². The standard InChI is InChI=1S/C15H16FNO/c1-9-4-3-5-13(18)14(9)11-6-10(2)15(16)12(7-11)8-17/h3-7,18H,8,17H2,1-2H3. The van der Waals surface area contributed by atoms with E-state index in [0.717, 1.165) is 16.7 Å². The van der Waals surface area contributed by atoms with Gasteiger partial charge < -0.3 is 10.8 Å². The summed E-state index contributed by atoms with van der Waals surface area (Å²) in [6.07, 6.45) is 0. The topological polar surface area (TPSA) is 46.2 Å². The Morgan fingerprint density at radius 2 is 1.89 bits per heavy atom. The van der Waals surface area contributed by atoms with E-state index in [0.29, 0.717) is 11.1 Å². The maximum Gasteiger partial charge on any atom is 0.130 e. The van der Waals surface area contributed by atoms with Crippen LogP contribution in [-0.2, 0) is 6.54 Å². The van der Waals surface area contributed by atoms with Crippen LogP contribution in [0, 0.1) is 19.7 Å². The van der Waals surface area contributed by atoms with Crippen molar-refractivity contribution in [2.24, 2.45) is 5.73 Å². The second kappa shape index (κ2) is 4.78. The number of halogens is 1. The summed E-state index contributed by atoms with van der Waals surface area (Å²) in [5.74, 6) is -0.0710. The molecule has 2 rings (SSSR count). The molecule has 2 aromatic carbocycles. The molecule has 0 aliphatic carbocycles. The van der Waals surface area contributed by atoms with Crippen LogP contribution in [0.25, 0.3) is 11.1 Å². The third-order valence-electron chi connectivity index (χ3n) is 3.09. The molecule has 2 nitrogen and oxygen atoms in total. The first kappa shape index (κ1) is 12.6. The molecule has 0 fully saturated rings. The highest BCUT2D eigenvalue weighted by Crippen LogP contribution is 2.34. The van der Waals surface area contributed by atoms with Crippen LogP contribution in [0.15, 0.2) is 30.3 Å². The molecule has 0 aromatic heterocycles. The summed E-state index contributed by atoms with van der Waals surface area (Å²) in [7, 11) is 0. The summed E-state index contributed by atoms with van der Waals surface area (Å²) < 4.78 is 13.8. The van der Waals surface area contributed by atoms with E-state index in [-0.39, 0.29) is 18.1 Å². The molecule has 0 aliphatic heterocycles. The molecule has 3 heteroatoms. The van der Waals surface area contributed by atoms with Crippen molar-refractivity contribution >= 4 is 0 Å². The van der Waals surface area contributed by atoms with Gasteiger partial charge in [-0.3, -0.25) is 0 Å². The Balaban J connectivity index is 2.68. The zero-order valence-corrected chi connectivity index (χ0v) is 10.5. The Kier molecular flexibility index (Phi) is 3.34. The quantitative estimate of drug-likeness (QED) is 0.853. The zero-order valence-electron chi connectivity index (χ0n) is 10.5. The lowest BCUT2D eigenvalue weighted by atomic mass is 9.95. The average molecular weight is 245 g/mol. The molecular weight excluding hydrogens is 229 g/mol. The molecule has 18 heavy (non-hydrogen) atoms. The first-order chi connectivity index (χ1) is 8.54. The number of aromatic hydroxyl groups is 1. The molecule has 94 valence electrons. The van der Waals surface area contributed by atoms with Gasteiger partial charge in [0.1, 0.15) is 11.6 Å². The van der Waals surface area contributed by atoms with Gasteiger partial charge in [0.05, 0.1) is 0 Å². The first-order valence-corrected chi connectivity index (χ1v) is 5.82. The van der Waals surface area contributed by atoms with E-state index in [1.807, 2.05) is 13.0 Å². The lowest BCUT2D eigenvalue weighted by Gasteiger charge is -2.12. The average Bonchev–Trinajstić information content (AvgIpc) is 2.33. The van der Waals surface area contributed by atoms with Crippen LogP contribution in [0.3, 0.4) is 0 Å². The molecule has 0 heterocycles. The summed E-state index contributed by atoms with van der Waals surface area (Å²) in [4.78, 5) is 0. The van der Waals surface area contributed by atoms with Crippen molar-refractivity contribution in [2.45, 2.75) is 20.4 Å². The third kappa shape index (κ3) is 2.09. The Bertz CT molecular complexity index is 573. The van der Waals surface area contributed by atoms with E-state index in [2.05, 4.69) is 0 Å². The van der Waals surface area contributed by atoms with E-state index in [9.17, 15) is 9.50 Å². The summed E-state index contributed by atoms with van der Waals surface area (Å²) in [6.45, 7) is 3.76. The maximum atomic E-state index is 13.8. The van der Waals surface area contributed by atoms with Gasteiger partial charge in [0.15, 0.2) is 0 Å². The molecule has 0 spiro atoms. The largest absolute Gasteiger partial charge is 0.507 e. The SMILES string of the molecule is Cc1cc(-c2c(C)cccc2O)cc(CN)c1F. The normalized spacial score (nSPS) is 10.7. The van der Waals surface area contributed by atoms with Gasteiger partial charge >= 0.3 is 0 Å². The van der Waals surface area contributed by atoms with Crippen molar-refractivity contribution in [2.75, 3.05) is 0 Å². The highest BCUT2D eigenvalue weighted by Gasteiger charge is 2.12. The van der Waals surface area contributed by atoms with Gasteiger partial charge in [-0.2, -0.15) is 0 Å². The van der Waals surface area contributed by atoms with E-state index < -0.39 is 0 Å². The van der Waals surface area contributed by atoms with Gasteiger partial charge in [-0.1, -0.05) is 12.1 Å². The minimum absolute atomic E-state index is 0.146. The molecule has 0 amide bonds. The van der Waals surface area contributed by atoms with Crippen molar-refractivity contribution in [1.29, 1.82) is 0 Å². The Morgan fingerprint density at radius 3 is 2.50 bits per heavy atom. The third-order valence-corrected chi connectivity index (χ3v) is 3.09. The van der Waals surface area contributed by atoms with Crippen LogP contribution in [-0.4, -0.2) is 5.11 Å². The van der Waals surface area contributed by atoms with E-state index in [1.165, 1.54) is 0 Å². The Hall–Kier alpha value is -1.87. The highest BCUT2D eigenvalue weighted by molar-refractivity contribution is 5.74. The smallest absolute Gasteiger partial charge is 0.130 e. The number of phenolic OH excluding ortho intramolecular Hbond substituents is 1. The van der Waals surface area contributed by atoms with Crippen LogP contribution < -0.4 is 5.73 Å². The molecule has 0 saturated carbocycles. The van der Waals surface area contributed by atoms with Crippen molar-refractivity contribution in [1.82, 2.24) is 0 Å². The predicted octanol–water partition coefficient (Wildman–Crippen LogP) is 3.27. The van der Waals surface area contributed by atoms with Crippen molar-refractivity contribution < 1.29 is 9.50 Å². The first-order valence-electron chi connectivity index (χ1n) is 5.82. The number of hydrogen-bond donors (Lipinski definition) is 2. The highest BCUT2D eigenvalue weighted by atomic mass is 19.1. The van der Waals surface area contributed by atoms with Crippen LogP contribution in [0.2, 0.25) is 0 Å². The van der Waals surface area contributed by atoms with Crippen molar-refractivity contribution in [3.8, 4) is 16.9 Å². The molecule has 0 bridgehead atoms. The second-order valence-corrected chi connectivity index (χ2v) is 4.44. The number of nitrogens with two attached hydrogens (primary N) is 1. The number of phenols is 1. The Labute approximate surface area is 106 Å². The molecule has 0 unspecified atom stereocenters. The second-order valence-electron chi connectivity index (χ2n) is 4.44. The monoisotopic (exact) mass is 245 g/mol. The van der Waals surface area contributed by atoms with E-state index in [4.69, 9.17) is 5.73 Å². The molecule has 3 N–H and O–H groups in total.